The lowest BCUT2D eigenvalue weighted by Crippen LogP contribution is -1.96. The molecule has 0 aliphatic rings. The third-order valence-corrected chi connectivity index (χ3v) is 2.75. The second-order valence-corrected chi connectivity index (χ2v) is 3.97. The van der Waals surface area contributed by atoms with E-state index in [1.165, 1.54) is 21.5 Å². The molecule has 0 spiro atoms. The van der Waals surface area contributed by atoms with Crippen LogP contribution >= 0.6 is 15.9 Å². The summed E-state index contributed by atoms with van der Waals surface area (Å²) in [5, 5.41) is 0. The van der Waals surface area contributed by atoms with Crippen molar-refractivity contribution in [2.45, 2.75) is 27.2 Å². The number of benzene rings is 1. The van der Waals surface area contributed by atoms with Gasteiger partial charge >= 0.3 is 0 Å². The zero-order chi connectivity index (χ0) is 9.14. The van der Waals surface area contributed by atoms with Crippen LogP contribution in [0.2, 0.25) is 0 Å². The minimum Gasteiger partial charge on any atom is -0.0612 e. The molecule has 65 valence electrons. The van der Waals surface area contributed by atoms with Crippen LogP contribution < -0.4 is 0 Å². The summed E-state index contributed by atoms with van der Waals surface area (Å²) in [4.78, 5) is 0. The Labute approximate surface area is 83.1 Å². The summed E-state index contributed by atoms with van der Waals surface area (Å²) in [6.45, 7) is 6.49. The van der Waals surface area contributed by atoms with Gasteiger partial charge in [0.15, 0.2) is 0 Å². The van der Waals surface area contributed by atoms with Crippen molar-refractivity contribution in [3.8, 4) is 0 Å². The maximum Gasteiger partial charge on any atom is 0.0210 e. The molecule has 0 nitrogen and oxygen atoms in total. The molecule has 1 aromatic rings. The molecule has 1 heteroatoms. The Morgan fingerprint density at radius 1 is 1.33 bits per heavy atom. The van der Waals surface area contributed by atoms with Crippen LogP contribution in [0.3, 0.4) is 0 Å². The van der Waals surface area contributed by atoms with E-state index in [2.05, 4.69) is 54.9 Å². The molecule has 12 heavy (non-hydrogen) atoms. The largest absolute Gasteiger partial charge is 0.0612 e. The standard InChI is InChI=1S/C11H14Br/c1-4-9-10(8(2)3)6-5-7-11(9)12/h5-7H,4H2,1-3H3. The molecule has 0 saturated carbocycles. The van der Waals surface area contributed by atoms with Crippen molar-refractivity contribution in [3.63, 3.8) is 0 Å². The third-order valence-electron chi connectivity index (χ3n) is 2.01. The van der Waals surface area contributed by atoms with Crippen LogP contribution in [-0.4, -0.2) is 0 Å². The molecule has 0 heterocycles. The van der Waals surface area contributed by atoms with E-state index in [-0.39, 0.29) is 0 Å². The zero-order valence-electron chi connectivity index (χ0n) is 7.82. The van der Waals surface area contributed by atoms with Crippen LogP contribution in [0.25, 0.3) is 0 Å². The number of halogens is 1. The average molecular weight is 226 g/mol. The van der Waals surface area contributed by atoms with Crippen LogP contribution in [0.4, 0.5) is 0 Å². The molecular formula is C11H14Br. The van der Waals surface area contributed by atoms with Crippen molar-refractivity contribution < 1.29 is 0 Å². The van der Waals surface area contributed by atoms with Crippen molar-refractivity contribution >= 4 is 15.9 Å². The molecule has 0 atom stereocenters. The van der Waals surface area contributed by atoms with E-state index in [0.29, 0.717) is 0 Å². The normalized spacial score (nSPS) is 10.8. The highest BCUT2D eigenvalue weighted by atomic mass is 79.9. The van der Waals surface area contributed by atoms with E-state index in [9.17, 15) is 0 Å². The Morgan fingerprint density at radius 2 is 2.00 bits per heavy atom. The van der Waals surface area contributed by atoms with Gasteiger partial charge in [-0.15, -0.1) is 0 Å². The molecule has 0 aliphatic carbocycles. The van der Waals surface area contributed by atoms with Crippen LogP contribution in [0.5, 0.6) is 0 Å². The molecule has 0 amide bonds. The maximum absolute atomic E-state index is 3.56. The van der Waals surface area contributed by atoms with E-state index in [1.807, 2.05) is 0 Å². The van der Waals surface area contributed by atoms with Crippen molar-refractivity contribution in [1.29, 1.82) is 0 Å². The lowest BCUT2D eigenvalue weighted by Gasteiger charge is -2.11. The van der Waals surface area contributed by atoms with E-state index in [4.69, 9.17) is 0 Å². The van der Waals surface area contributed by atoms with Gasteiger partial charge in [0.05, 0.1) is 0 Å². The second-order valence-electron chi connectivity index (χ2n) is 3.12. The topological polar surface area (TPSA) is 0 Å². The van der Waals surface area contributed by atoms with Gasteiger partial charge in [0.2, 0.25) is 0 Å². The predicted molar refractivity (Wildman–Crippen MR) is 57.2 cm³/mol. The van der Waals surface area contributed by atoms with Crippen molar-refractivity contribution in [1.82, 2.24) is 0 Å². The van der Waals surface area contributed by atoms with Gasteiger partial charge in [0, 0.05) is 4.47 Å². The van der Waals surface area contributed by atoms with Gasteiger partial charge in [0.1, 0.15) is 0 Å². The maximum atomic E-state index is 3.56. The molecule has 1 rings (SSSR count). The predicted octanol–water partition coefficient (Wildman–Crippen LogP) is 3.97. The molecule has 1 radical (unpaired) electrons. The van der Waals surface area contributed by atoms with Gasteiger partial charge < -0.3 is 0 Å². The monoisotopic (exact) mass is 225 g/mol. The Bertz CT molecular complexity index is 264. The lowest BCUT2D eigenvalue weighted by atomic mass is 9.96. The van der Waals surface area contributed by atoms with Crippen LogP contribution in [0.1, 0.15) is 31.9 Å². The summed E-state index contributed by atoms with van der Waals surface area (Å²) in [6.07, 6.45) is 1.09. The Balaban J connectivity index is 3.18. The highest BCUT2D eigenvalue weighted by Gasteiger charge is 2.07. The molecule has 0 bridgehead atoms. The van der Waals surface area contributed by atoms with Gasteiger partial charge in [-0.2, -0.15) is 0 Å². The quantitative estimate of drug-likeness (QED) is 0.715. The van der Waals surface area contributed by atoms with Gasteiger partial charge in [-0.25, -0.2) is 0 Å². The van der Waals surface area contributed by atoms with Gasteiger partial charge in [-0.3, -0.25) is 0 Å². The second kappa shape index (κ2) is 4.08. The summed E-state index contributed by atoms with van der Waals surface area (Å²) in [5.41, 5.74) is 2.80. The molecular weight excluding hydrogens is 212 g/mol. The smallest absolute Gasteiger partial charge is 0.0210 e. The van der Waals surface area contributed by atoms with Gasteiger partial charge in [0.25, 0.3) is 0 Å². The Kier molecular flexibility index (Phi) is 3.33. The summed E-state index contributed by atoms with van der Waals surface area (Å²) in [5.74, 6) is 1.38. The molecule has 0 unspecified atom stereocenters. The molecule has 0 N–H and O–H groups in total. The molecule has 0 aromatic heterocycles. The van der Waals surface area contributed by atoms with E-state index >= 15 is 0 Å². The highest BCUT2D eigenvalue weighted by Crippen LogP contribution is 2.25. The van der Waals surface area contributed by atoms with Crippen molar-refractivity contribution in [2.24, 2.45) is 0 Å². The van der Waals surface area contributed by atoms with Crippen LogP contribution in [-0.2, 0) is 6.42 Å². The molecule has 0 aliphatic heterocycles. The fourth-order valence-electron chi connectivity index (χ4n) is 1.39. The van der Waals surface area contributed by atoms with Gasteiger partial charge in [-0.05, 0) is 29.5 Å². The first kappa shape index (κ1) is 9.79. The molecule has 1 aromatic carbocycles. The summed E-state index contributed by atoms with van der Waals surface area (Å²) in [7, 11) is 0. The Hall–Kier alpha value is -0.300. The lowest BCUT2D eigenvalue weighted by molar-refractivity contribution is 1.04. The van der Waals surface area contributed by atoms with Crippen LogP contribution in [0.15, 0.2) is 22.7 Å². The minimum atomic E-state index is 1.09. The number of hydrogen-bond acceptors (Lipinski definition) is 0. The van der Waals surface area contributed by atoms with Gasteiger partial charge in [-0.1, -0.05) is 48.8 Å². The first-order valence-corrected chi connectivity index (χ1v) is 5.04. The minimum absolute atomic E-state index is 1.09. The van der Waals surface area contributed by atoms with Crippen molar-refractivity contribution in [3.05, 3.63) is 39.7 Å². The van der Waals surface area contributed by atoms with Crippen molar-refractivity contribution in [2.75, 3.05) is 0 Å². The van der Waals surface area contributed by atoms with E-state index in [1.54, 1.807) is 0 Å². The summed E-state index contributed by atoms with van der Waals surface area (Å²) in [6, 6.07) is 6.37. The first-order chi connectivity index (χ1) is 5.66. The average Bonchev–Trinajstić information content (AvgIpc) is 2.03. The Morgan fingerprint density at radius 3 is 2.42 bits per heavy atom. The fraction of sp³-hybridized carbons (Fsp3) is 0.364. The number of hydrogen-bond donors (Lipinski definition) is 0. The summed E-state index contributed by atoms with van der Waals surface area (Å²) < 4.78 is 1.23. The zero-order valence-corrected chi connectivity index (χ0v) is 9.40. The third kappa shape index (κ3) is 1.89. The fourth-order valence-corrected chi connectivity index (χ4v) is 2.03. The van der Waals surface area contributed by atoms with E-state index in [0.717, 1.165) is 6.42 Å². The number of rotatable bonds is 2. The SMILES string of the molecule is CCc1c(Br)cccc1[C](C)C. The molecule has 0 fully saturated rings. The van der Waals surface area contributed by atoms with E-state index < -0.39 is 0 Å². The summed E-state index contributed by atoms with van der Waals surface area (Å²) >= 11 is 3.56. The first-order valence-electron chi connectivity index (χ1n) is 4.24. The van der Waals surface area contributed by atoms with Crippen LogP contribution in [0, 0.1) is 5.92 Å². The molecule has 0 saturated heterocycles. The highest BCUT2D eigenvalue weighted by molar-refractivity contribution is 9.10.